The van der Waals surface area contributed by atoms with E-state index >= 15 is 0 Å². The Hall–Kier alpha value is -1.33. The van der Waals surface area contributed by atoms with Crippen molar-refractivity contribution in [2.45, 2.75) is 76.8 Å². The van der Waals surface area contributed by atoms with Crippen molar-refractivity contribution in [3.8, 4) is 0 Å². The molecule has 3 nitrogen and oxygen atoms in total. The van der Waals surface area contributed by atoms with E-state index in [1.807, 2.05) is 5.10 Å². The van der Waals surface area contributed by atoms with Crippen molar-refractivity contribution >= 4 is 0 Å². The molecule has 1 aromatic rings. The molecule has 0 saturated carbocycles. The molecule has 1 atom stereocenters. The lowest BCUT2D eigenvalue weighted by Crippen LogP contribution is -2.25. The van der Waals surface area contributed by atoms with Crippen LogP contribution in [0.15, 0.2) is 4.79 Å². The van der Waals surface area contributed by atoms with Crippen LogP contribution in [0.4, 0.5) is 13.2 Å². The molecule has 0 radical (unpaired) electrons. The third-order valence-electron chi connectivity index (χ3n) is 4.44. The molecular formula is C16H23F3N2O. The fourth-order valence-electron chi connectivity index (χ4n) is 3.30. The van der Waals surface area contributed by atoms with Crippen LogP contribution >= 0.6 is 0 Å². The first-order valence-electron chi connectivity index (χ1n) is 8.13. The second-order valence-corrected chi connectivity index (χ2v) is 6.08. The predicted octanol–water partition coefficient (Wildman–Crippen LogP) is 4.57. The van der Waals surface area contributed by atoms with E-state index in [9.17, 15) is 18.0 Å². The highest BCUT2D eigenvalue weighted by Gasteiger charge is 2.41. The summed E-state index contributed by atoms with van der Waals surface area (Å²) in [5, 5.41) is 5.93. The van der Waals surface area contributed by atoms with Crippen LogP contribution in [0.25, 0.3) is 0 Å². The normalized spacial score (nSPS) is 17.7. The summed E-state index contributed by atoms with van der Waals surface area (Å²) in [4.78, 5) is 11.5. The molecule has 0 aromatic carbocycles. The Morgan fingerprint density at radius 3 is 2.55 bits per heavy atom. The van der Waals surface area contributed by atoms with Crippen LogP contribution in [0.1, 0.15) is 81.0 Å². The number of unbranched alkanes of at least 4 members (excludes halogenated alkanes) is 5. The monoisotopic (exact) mass is 316 g/mol. The molecule has 0 amide bonds. The maximum Gasteiger partial charge on any atom is 0.422 e. The Bertz CT molecular complexity index is 551. The number of hydrogen-bond acceptors (Lipinski definition) is 2. The number of aromatic nitrogens is 2. The average Bonchev–Trinajstić information content (AvgIpc) is 2.84. The number of hydrogen-bond donors (Lipinski definition) is 1. The van der Waals surface area contributed by atoms with Crippen molar-refractivity contribution in [2.75, 3.05) is 0 Å². The minimum atomic E-state index is -4.60. The Morgan fingerprint density at radius 2 is 1.86 bits per heavy atom. The van der Waals surface area contributed by atoms with Crippen LogP contribution in [0.3, 0.4) is 0 Å². The summed E-state index contributed by atoms with van der Waals surface area (Å²) >= 11 is 0. The molecule has 6 heteroatoms. The summed E-state index contributed by atoms with van der Waals surface area (Å²) in [6.07, 6.45) is 4.20. The summed E-state index contributed by atoms with van der Waals surface area (Å²) in [6, 6.07) is 0. The molecule has 1 aliphatic carbocycles. The average molecular weight is 316 g/mol. The maximum absolute atomic E-state index is 13.0. The zero-order valence-electron chi connectivity index (χ0n) is 12.9. The van der Waals surface area contributed by atoms with Gasteiger partial charge in [0.1, 0.15) is 5.56 Å². The predicted molar refractivity (Wildman–Crippen MR) is 78.9 cm³/mol. The molecule has 0 spiro atoms. The molecule has 22 heavy (non-hydrogen) atoms. The topological polar surface area (TPSA) is 45.8 Å². The van der Waals surface area contributed by atoms with Gasteiger partial charge in [-0.2, -0.15) is 18.3 Å². The molecule has 0 bridgehead atoms. The Balaban J connectivity index is 2.00. The molecule has 1 N–H and O–H groups in total. The first-order chi connectivity index (χ1) is 10.4. The van der Waals surface area contributed by atoms with E-state index < -0.39 is 17.3 Å². The van der Waals surface area contributed by atoms with Crippen LogP contribution in [0.5, 0.6) is 0 Å². The van der Waals surface area contributed by atoms with Crippen LogP contribution in [0, 0.1) is 0 Å². The minimum absolute atomic E-state index is 0.0547. The van der Waals surface area contributed by atoms with Crippen LogP contribution in [-0.2, 0) is 12.6 Å². The van der Waals surface area contributed by atoms with Crippen molar-refractivity contribution in [3.05, 3.63) is 27.2 Å². The van der Waals surface area contributed by atoms with Gasteiger partial charge in [-0.25, -0.2) is 5.10 Å². The Kier molecular flexibility index (Phi) is 5.64. The van der Waals surface area contributed by atoms with E-state index in [4.69, 9.17) is 0 Å². The number of rotatable bonds is 7. The second-order valence-electron chi connectivity index (χ2n) is 6.08. The number of fused-ring (bicyclic) bond motifs is 1. The summed E-state index contributed by atoms with van der Waals surface area (Å²) in [5.41, 5.74) is -1.58. The van der Waals surface area contributed by atoms with Crippen molar-refractivity contribution in [3.63, 3.8) is 0 Å². The van der Waals surface area contributed by atoms with E-state index in [0.29, 0.717) is 18.5 Å². The lowest BCUT2D eigenvalue weighted by Gasteiger charge is -2.12. The molecule has 0 fully saturated rings. The third kappa shape index (κ3) is 3.90. The smallest absolute Gasteiger partial charge is 0.267 e. The van der Waals surface area contributed by atoms with Crippen LogP contribution in [-0.4, -0.2) is 10.2 Å². The van der Waals surface area contributed by atoms with Crippen LogP contribution < -0.4 is 5.56 Å². The standard InChI is InChI=1S/C16H23F3N2O/c1-2-3-4-5-6-7-8-11-9-10-12-13(16(17,18)19)15(22)21-20-14(11)12/h11H,2-10H2,1H3,(H,21,22). The number of alkyl halides is 3. The lowest BCUT2D eigenvalue weighted by atomic mass is 9.98. The van der Waals surface area contributed by atoms with Gasteiger partial charge in [0.05, 0.1) is 5.69 Å². The highest BCUT2D eigenvalue weighted by molar-refractivity contribution is 5.36. The summed E-state index contributed by atoms with van der Waals surface area (Å²) in [6.45, 7) is 2.17. The number of halogens is 3. The van der Waals surface area contributed by atoms with Gasteiger partial charge in [-0.05, 0) is 24.8 Å². The maximum atomic E-state index is 13.0. The minimum Gasteiger partial charge on any atom is -0.267 e. The molecule has 0 aliphatic heterocycles. The quantitative estimate of drug-likeness (QED) is 0.749. The number of aromatic amines is 1. The van der Waals surface area contributed by atoms with E-state index in [2.05, 4.69) is 12.0 Å². The molecule has 124 valence electrons. The highest BCUT2D eigenvalue weighted by Crippen LogP contribution is 2.40. The molecular weight excluding hydrogens is 293 g/mol. The molecule has 1 unspecified atom stereocenters. The number of nitrogens with one attached hydrogen (secondary N) is 1. The number of nitrogens with zero attached hydrogens (tertiary/aromatic N) is 1. The van der Waals surface area contributed by atoms with E-state index in [-0.39, 0.29) is 11.5 Å². The Labute approximate surface area is 128 Å². The third-order valence-corrected chi connectivity index (χ3v) is 4.44. The molecule has 1 heterocycles. The van der Waals surface area contributed by atoms with Crippen molar-refractivity contribution in [1.82, 2.24) is 10.2 Å². The van der Waals surface area contributed by atoms with Gasteiger partial charge >= 0.3 is 6.18 Å². The van der Waals surface area contributed by atoms with Crippen molar-refractivity contribution in [2.24, 2.45) is 0 Å². The first-order valence-corrected chi connectivity index (χ1v) is 8.13. The fraction of sp³-hybridized carbons (Fsp3) is 0.750. The van der Waals surface area contributed by atoms with Gasteiger partial charge < -0.3 is 0 Å². The van der Waals surface area contributed by atoms with Crippen LogP contribution in [0.2, 0.25) is 0 Å². The first kappa shape index (κ1) is 17.0. The molecule has 1 aromatic heterocycles. The second kappa shape index (κ2) is 7.29. The molecule has 2 rings (SSSR count). The summed E-state index contributed by atoms with van der Waals surface area (Å²) < 4.78 is 39.0. The van der Waals surface area contributed by atoms with Gasteiger partial charge in [-0.15, -0.1) is 0 Å². The van der Waals surface area contributed by atoms with Crippen molar-refractivity contribution in [1.29, 1.82) is 0 Å². The number of H-pyrrole nitrogens is 1. The summed E-state index contributed by atoms with van der Waals surface area (Å²) in [7, 11) is 0. The molecule has 1 aliphatic rings. The lowest BCUT2D eigenvalue weighted by molar-refractivity contribution is -0.139. The van der Waals surface area contributed by atoms with E-state index in [1.165, 1.54) is 25.7 Å². The highest BCUT2D eigenvalue weighted by atomic mass is 19.4. The largest absolute Gasteiger partial charge is 0.422 e. The fourth-order valence-corrected chi connectivity index (χ4v) is 3.30. The zero-order chi connectivity index (χ0) is 16.2. The van der Waals surface area contributed by atoms with Gasteiger partial charge in [0.25, 0.3) is 5.56 Å². The van der Waals surface area contributed by atoms with Crippen molar-refractivity contribution < 1.29 is 13.2 Å². The van der Waals surface area contributed by atoms with Gasteiger partial charge in [0.2, 0.25) is 0 Å². The summed E-state index contributed by atoms with van der Waals surface area (Å²) in [5.74, 6) is 0.0547. The van der Waals surface area contributed by atoms with E-state index in [0.717, 1.165) is 19.3 Å². The SMILES string of the molecule is CCCCCCCCC1CCc2c1n[nH]c(=O)c2C(F)(F)F. The molecule has 0 saturated heterocycles. The van der Waals surface area contributed by atoms with Gasteiger partial charge in [-0.3, -0.25) is 4.79 Å². The van der Waals surface area contributed by atoms with E-state index in [1.54, 1.807) is 0 Å². The zero-order valence-corrected chi connectivity index (χ0v) is 12.9. The van der Waals surface area contributed by atoms with Gasteiger partial charge in [0.15, 0.2) is 0 Å². The Morgan fingerprint density at radius 1 is 1.18 bits per heavy atom. The van der Waals surface area contributed by atoms with Gasteiger partial charge in [-0.1, -0.05) is 45.4 Å². The van der Waals surface area contributed by atoms with Gasteiger partial charge in [0, 0.05) is 5.92 Å².